The van der Waals surface area contributed by atoms with Crippen molar-refractivity contribution in [2.75, 3.05) is 6.61 Å². The predicted octanol–water partition coefficient (Wildman–Crippen LogP) is 4.00. The topological polar surface area (TPSA) is 72.8 Å². The van der Waals surface area contributed by atoms with Gasteiger partial charge in [0.05, 0.1) is 13.2 Å². The molecule has 0 fully saturated rings. The first-order valence-corrected chi connectivity index (χ1v) is 7.36. The summed E-state index contributed by atoms with van der Waals surface area (Å²) >= 11 is 0. The van der Waals surface area contributed by atoms with Gasteiger partial charge in [-0.15, -0.1) is 0 Å². The smallest absolute Gasteiger partial charge is 0.374 e. The number of hydrogen-bond donors (Lipinski definition) is 1. The number of benzene rings is 2. The van der Waals surface area contributed by atoms with Gasteiger partial charge in [0.25, 0.3) is 0 Å². The maximum Gasteiger partial charge on any atom is 0.374 e. The highest BCUT2D eigenvalue weighted by Crippen LogP contribution is 2.34. The first kappa shape index (κ1) is 13.8. The number of aliphatic hydroxyl groups excluding tert-OH is 1. The van der Waals surface area contributed by atoms with Crippen molar-refractivity contribution >= 4 is 38.9 Å². The number of rotatable bonds is 3. The normalized spacial score (nSPS) is 11.6. The molecule has 0 saturated carbocycles. The molecule has 2 heterocycles. The molecular formula is C18H14O5. The Labute approximate surface area is 131 Å². The van der Waals surface area contributed by atoms with Gasteiger partial charge in [-0.2, -0.15) is 0 Å². The van der Waals surface area contributed by atoms with Gasteiger partial charge in [-0.05, 0) is 42.8 Å². The van der Waals surface area contributed by atoms with Crippen LogP contribution in [0.5, 0.6) is 0 Å². The van der Waals surface area contributed by atoms with Crippen LogP contribution in [0.4, 0.5) is 0 Å². The number of hydrogen-bond acceptors (Lipinski definition) is 5. The third-order valence-electron chi connectivity index (χ3n) is 3.83. The van der Waals surface area contributed by atoms with Crippen LogP contribution in [-0.4, -0.2) is 17.7 Å². The zero-order valence-electron chi connectivity index (χ0n) is 12.5. The maximum absolute atomic E-state index is 11.8. The molecule has 0 aliphatic heterocycles. The molecular weight excluding hydrogens is 296 g/mol. The highest BCUT2D eigenvalue weighted by molar-refractivity contribution is 6.10. The van der Waals surface area contributed by atoms with Crippen molar-refractivity contribution in [1.29, 1.82) is 0 Å². The molecule has 4 rings (SSSR count). The van der Waals surface area contributed by atoms with E-state index in [1.165, 1.54) is 0 Å². The lowest BCUT2D eigenvalue weighted by Gasteiger charge is -1.96. The van der Waals surface area contributed by atoms with Gasteiger partial charge in [0.15, 0.2) is 0 Å². The van der Waals surface area contributed by atoms with Crippen LogP contribution in [0, 0.1) is 0 Å². The average molecular weight is 310 g/mol. The van der Waals surface area contributed by atoms with Gasteiger partial charge in [-0.25, -0.2) is 4.79 Å². The lowest BCUT2D eigenvalue weighted by Crippen LogP contribution is -2.02. The van der Waals surface area contributed by atoms with Crippen molar-refractivity contribution < 1.29 is 23.5 Å². The summed E-state index contributed by atoms with van der Waals surface area (Å²) in [7, 11) is 0. The van der Waals surface area contributed by atoms with Crippen LogP contribution in [-0.2, 0) is 11.3 Å². The molecule has 0 atom stereocenters. The Morgan fingerprint density at radius 3 is 2.65 bits per heavy atom. The molecule has 2 aromatic heterocycles. The zero-order valence-corrected chi connectivity index (χ0v) is 12.5. The second-order valence-corrected chi connectivity index (χ2v) is 5.31. The van der Waals surface area contributed by atoms with Crippen molar-refractivity contribution in [3.8, 4) is 0 Å². The fourth-order valence-corrected chi connectivity index (χ4v) is 2.76. The first-order valence-electron chi connectivity index (χ1n) is 7.36. The summed E-state index contributed by atoms with van der Waals surface area (Å²) in [5, 5.41) is 11.9. The Kier molecular flexibility index (Phi) is 3.09. The van der Waals surface area contributed by atoms with E-state index in [0.29, 0.717) is 17.8 Å². The van der Waals surface area contributed by atoms with Gasteiger partial charge in [-0.1, -0.05) is 6.07 Å². The molecule has 0 amide bonds. The Hall–Kier alpha value is -2.79. The van der Waals surface area contributed by atoms with Crippen LogP contribution in [0.1, 0.15) is 23.0 Å². The van der Waals surface area contributed by atoms with E-state index in [2.05, 4.69) is 0 Å². The largest absolute Gasteiger partial charge is 0.460 e. The molecule has 0 aliphatic rings. The molecule has 5 heteroatoms. The minimum atomic E-state index is -0.479. The molecule has 4 aromatic rings. The maximum atomic E-state index is 11.8. The summed E-state index contributed by atoms with van der Waals surface area (Å²) in [4.78, 5) is 11.8. The van der Waals surface area contributed by atoms with Gasteiger partial charge in [-0.3, -0.25) is 0 Å². The molecule has 0 aliphatic carbocycles. The second kappa shape index (κ2) is 5.14. The van der Waals surface area contributed by atoms with Gasteiger partial charge in [0.2, 0.25) is 5.76 Å². The molecule has 0 radical (unpaired) electrons. The Balaban J connectivity index is 1.94. The summed E-state index contributed by atoms with van der Waals surface area (Å²) in [6.07, 6.45) is 0. The molecule has 23 heavy (non-hydrogen) atoms. The van der Waals surface area contributed by atoms with Crippen LogP contribution in [0.15, 0.2) is 45.2 Å². The van der Waals surface area contributed by atoms with Crippen LogP contribution in [0.2, 0.25) is 0 Å². The number of carbonyl (C=O) groups excluding carboxylic acids is 1. The number of aliphatic hydroxyl groups is 1. The van der Waals surface area contributed by atoms with E-state index in [1.54, 1.807) is 13.0 Å². The van der Waals surface area contributed by atoms with Crippen LogP contribution >= 0.6 is 0 Å². The Morgan fingerprint density at radius 1 is 1.04 bits per heavy atom. The number of fused-ring (bicyclic) bond motifs is 4. The molecule has 0 unspecified atom stereocenters. The summed E-state index contributed by atoms with van der Waals surface area (Å²) in [5.41, 5.74) is 2.86. The predicted molar refractivity (Wildman–Crippen MR) is 85.4 cm³/mol. The zero-order chi connectivity index (χ0) is 16.0. The van der Waals surface area contributed by atoms with Crippen molar-refractivity contribution in [3.05, 3.63) is 47.7 Å². The van der Waals surface area contributed by atoms with Crippen molar-refractivity contribution in [1.82, 2.24) is 0 Å². The molecule has 0 spiro atoms. The minimum Gasteiger partial charge on any atom is -0.460 e. The van der Waals surface area contributed by atoms with Crippen molar-refractivity contribution in [2.45, 2.75) is 13.5 Å². The molecule has 116 valence electrons. The molecule has 1 N–H and O–H groups in total. The third-order valence-corrected chi connectivity index (χ3v) is 3.83. The van der Waals surface area contributed by atoms with Crippen molar-refractivity contribution in [3.63, 3.8) is 0 Å². The van der Waals surface area contributed by atoms with E-state index >= 15 is 0 Å². The quantitative estimate of drug-likeness (QED) is 0.579. The van der Waals surface area contributed by atoms with E-state index in [-0.39, 0.29) is 12.4 Å². The summed E-state index contributed by atoms with van der Waals surface area (Å²) in [6, 6.07) is 10.9. The molecule has 0 saturated heterocycles. The van der Waals surface area contributed by atoms with Crippen LogP contribution < -0.4 is 0 Å². The summed E-state index contributed by atoms with van der Waals surface area (Å²) in [5.74, 6) is -0.303. The monoisotopic (exact) mass is 310 g/mol. The summed E-state index contributed by atoms with van der Waals surface area (Å²) in [6.45, 7) is 2.02. The van der Waals surface area contributed by atoms with Gasteiger partial charge in [0, 0.05) is 16.2 Å². The number of esters is 1. The van der Waals surface area contributed by atoms with Gasteiger partial charge in [0.1, 0.15) is 16.7 Å². The fraction of sp³-hybridized carbons (Fsp3) is 0.167. The van der Waals surface area contributed by atoms with E-state index in [4.69, 9.17) is 13.6 Å². The van der Waals surface area contributed by atoms with Gasteiger partial charge >= 0.3 is 5.97 Å². The van der Waals surface area contributed by atoms with E-state index in [0.717, 1.165) is 27.3 Å². The SMILES string of the molecule is CCOC(=O)c1cc2cc3oc4ccc(CO)cc4c3cc2o1. The third kappa shape index (κ3) is 2.17. The lowest BCUT2D eigenvalue weighted by atomic mass is 10.1. The lowest BCUT2D eigenvalue weighted by molar-refractivity contribution is 0.0492. The second-order valence-electron chi connectivity index (χ2n) is 5.31. The number of furan rings is 2. The Morgan fingerprint density at radius 2 is 1.87 bits per heavy atom. The minimum absolute atomic E-state index is 0.0292. The molecule has 2 aromatic carbocycles. The first-order chi connectivity index (χ1) is 11.2. The molecule has 0 bridgehead atoms. The number of carbonyl (C=O) groups is 1. The van der Waals surface area contributed by atoms with Crippen molar-refractivity contribution in [2.24, 2.45) is 0 Å². The summed E-state index contributed by atoms with van der Waals surface area (Å²) < 4.78 is 16.4. The van der Waals surface area contributed by atoms with Gasteiger partial charge < -0.3 is 18.7 Å². The van der Waals surface area contributed by atoms with Crippen LogP contribution in [0.3, 0.4) is 0 Å². The van der Waals surface area contributed by atoms with E-state index in [9.17, 15) is 9.90 Å². The Bertz CT molecular complexity index is 1040. The van der Waals surface area contributed by atoms with E-state index in [1.807, 2.05) is 30.3 Å². The fourth-order valence-electron chi connectivity index (χ4n) is 2.76. The number of ether oxygens (including phenoxy) is 1. The molecule has 5 nitrogen and oxygen atoms in total. The standard InChI is InChI=1S/C18H14O5/c1-2-21-18(20)17-7-11-6-16-13(8-15(11)23-17)12-5-10(9-19)3-4-14(12)22-16/h3-8,19H,2,9H2,1H3. The van der Waals surface area contributed by atoms with Crippen LogP contribution in [0.25, 0.3) is 32.9 Å². The average Bonchev–Trinajstić information content (AvgIpc) is 3.12. The highest BCUT2D eigenvalue weighted by Gasteiger charge is 2.16. The highest BCUT2D eigenvalue weighted by atomic mass is 16.5. The van der Waals surface area contributed by atoms with E-state index < -0.39 is 5.97 Å².